The number of aryl methyl sites for hydroxylation is 1. The number of imidazole rings is 1. The molecule has 1 heterocycles. The Morgan fingerprint density at radius 3 is 2.52 bits per heavy atom. The minimum absolute atomic E-state index is 0.161. The molecule has 0 fully saturated rings. The number of methoxy groups -OCH3 is 1. The van der Waals surface area contributed by atoms with Crippen molar-refractivity contribution in [1.29, 1.82) is 0 Å². The second-order valence-corrected chi connectivity index (χ2v) is 7.34. The molecule has 0 aliphatic heterocycles. The van der Waals surface area contributed by atoms with E-state index in [1.807, 2.05) is 42.5 Å². The quantitative estimate of drug-likeness (QED) is 0.357. The molecule has 0 bridgehead atoms. The highest BCUT2D eigenvalue weighted by Crippen LogP contribution is 2.32. The molecule has 3 aromatic rings. The number of hydrogen-bond acceptors (Lipinski definition) is 4. The van der Waals surface area contributed by atoms with E-state index in [9.17, 15) is 4.79 Å². The highest BCUT2D eigenvalue weighted by Gasteiger charge is 2.21. The molecule has 3 rings (SSSR count). The van der Waals surface area contributed by atoms with E-state index < -0.39 is 0 Å². The van der Waals surface area contributed by atoms with Crippen molar-refractivity contribution in [2.75, 3.05) is 13.7 Å². The van der Waals surface area contributed by atoms with Gasteiger partial charge in [0, 0.05) is 19.0 Å². The van der Waals surface area contributed by atoms with E-state index >= 15 is 0 Å². The Kier molecular flexibility index (Phi) is 6.91. The van der Waals surface area contributed by atoms with Crippen molar-refractivity contribution in [3.63, 3.8) is 0 Å². The van der Waals surface area contributed by atoms with Gasteiger partial charge in [-0.1, -0.05) is 38.8 Å². The van der Waals surface area contributed by atoms with Crippen LogP contribution in [0.3, 0.4) is 0 Å². The molecule has 0 aliphatic rings. The molecule has 2 aromatic carbocycles. The topological polar surface area (TPSA) is 53.4 Å². The van der Waals surface area contributed by atoms with Crippen molar-refractivity contribution in [3.05, 3.63) is 59.4 Å². The predicted molar refractivity (Wildman–Crippen MR) is 116 cm³/mol. The predicted octanol–water partition coefficient (Wildman–Crippen LogP) is 5.47. The van der Waals surface area contributed by atoms with Crippen LogP contribution < -0.4 is 4.74 Å². The second-order valence-electron chi connectivity index (χ2n) is 7.34. The molecule has 0 radical (unpaired) electrons. The number of benzene rings is 2. The van der Waals surface area contributed by atoms with Crippen molar-refractivity contribution in [2.45, 2.75) is 45.4 Å². The number of aromatic nitrogens is 2. The zero-order valence-electron chi connectivity index (χ0n) is 17.8. The smallest absolute Gasteiger partial charge is 0.338 e. The van der Waals surface area contributed by atoms with Crippen LogP contribution in [0.15, 0.2) is 42.5 Å². The molecule has 154 valence electrons. The summed E-state index contributed by atoms with van der Waals surface area (Å²) in [6.07, 6.45) is 3.92. The summed E-state index contributed by atoms with van der Waals surface area (Å²) >= 11 is 0. The molecule has 5 nitrogen and oxygen atoms in total. The van der Waals surface area contributed by atoms with Gasteiger partial charge in [-0.05, 0) is 42.7 Å². The molecule has 0 spiro atoms. The van der Waals surface area contributed by atoms with Gasteiger partial charge in [0.15, 0.2) is 0 Å². The SMILES string of the molecule is CCCCOC(=O)c1ccc([C@@H](CCC)c2nc3cc(OC)ccc3n2C)cc1. The lowest BCUT2D eigenvalue weighted by molar-refractivity contribution is 0.0499. The number of hydrogen-bond donors (Lipinski definition) is 0. The van der Waals surface area contributed by atoms with E-state index in [4.69, 9.17) is 14.5 Å². The summed E-state index contributed by atoms with van der Waals surface area (Å²) in [5, 5.41) is 0. The van der Waals surface area contributed by atoms with Gasteiger partial charge in [-0.25, -0.2) is 9.78 Å². The largest absolute Gasteiger partial charge is 0.497 e. The number of rotatable bonds is 9. The molecule has 0 N–H and O–H groups in total. The zero-order chi connectivity index (χ0) is 20.8. The Labute approximate surface area is 172 Å². The van der Waals surface area contributed by atoms with E-state index in [0.29, 0.717) is 12.2 Å². The first-order valence-electron chi connectivity index (χ1n) is 10.4. The average molecular weight is 395 g/mol. The first-order chi connectivity index (χ1) is 14.1. The van der Waals surface area contributed by atoms with Gasteiger partial charge in [-0.3, -0.25) is 0 Å². The van der Waals surface area contributed by atoms with Crippen molar-refractivity contribution < 1.29 is 14.3 Å². The number of ether oxygens (including phenoxy) is 2. The van der Waals surface area contributed by atoms with Crippen LogP contribution in [0, 0.1) is 0 Å². The maximum atomic E-state index is 12.2. The van der Waals surface area contributed by atoms with Crippen molar-refractivity contribution in [1.82, 2.24) is 9.55 Å². The van der Waals surface area contributed by atoms with Crippen molar-refractivity contribution in [2.24, 2.45) is 7.05 Å². The number of unbranched alkanes of at least 4 members (excludes halogenated alkanes) is 1. The van der Waals surface area contributed by atoms with Gasteiger partial charge in [0.2, 0.25) is 0 Å². The van der Waals surface area contributed by atoms with Crippen molar-refractivity contribution in [3.8, 4) is 5.75 Å². The highest BCUT2D eigenvalue weighted by atomic mass is 16.5. The van der Waals surface area contributed by atoms with Crippen LogP contribution in [0.25, 0.3) is 11.0 Å². The minimum atomic E-state index is -0.258. The summed E-state index contributed by atoms with van der Waals surface area (Å²) in [7, 11) is 3.72. The van der Waals surface area contributed by atoms with Gasteiger partial charge in [-0.2, -0.15) is 0 Å². The van der Waals surface area contributed by atoms with Crippen LogP contribution >= 0.6 is 0 Å². The number of carbonyl (C=O) groups excluding carboxylic acids is 1. The third-order valence-corrected chi connectivity index (χ3v) is 5.29. The highest BCUT2D eigenvalue weighted by molar-refractivity contribution is 5.89. The normalized spacial score (nSPS) is 12.1. The molecule has 29 heavy (non-hydrogen) atoms. The molecular weight excluding hydrogens is 364 g/mol. The van der Waals surface area contributed by atoms with Gasteiger partial charge < -0.3 is 14.0 Å². The van der Waals surface area contributed by atoms with E-state index in [-0.39, 0.29) is 11.9 Å². The Bertz CT molecular complexity index is 960. The number of fused-ring (bicyclic) bond motifs is 1. The fraction of sp³-hybridized carbons (Fsp3) is 0.417. The Balaban J connectivity index is 1.89. The van der Waals surface area contributed by atoms with Crippen LogP contribution in [-0.2, 0) is 11.8 Å². The van der Waals surface area contributed by atoms with Crippen LogP contribution in [0.2, 0.25) is 0 Å². The molecule has 0 amide bonds. The molecule has 1 atom stereocenters. The number of nitrogens with zero attached hydrogens (tertiary/aromatic N) is 2. The molecule has 5 heteroatoms. The summed E-state index contributed by atoms with van der Waals surface area (Å²) in [5.74, 6) is 1.73. The molecule has 0 saturated heterocycles. The Hall–Kier alpha value is -2.82. The maximum Gasteiger partial charge on any atom is 0.338 e. The Morgan fingerprint density at radius 1 is 1.10 bits per heavy atom. The summed E-state index contributed by atoms with van der Waals surface area (Å²) < 4.78 is 12.8. The van der Waals surface area contributed by atoms with Gasteiger partial charge in [-0.15, -0.1) is 0 Å². The Morgan fingerprint density at radius 2 is 1.86 bits per heavy atom. The van der Waals surface area contributed by atoms with Crippen LogP contribution in [0.5, 0.6) is 5.75 Å². The first kappa shape index (κ1) is 20.9. The maximum absolute atomic E-state index is 12.2. The summed E-state index contributed by atoms with van der Waals surface area (Å²) in [4.78, 5) is 17.1. The van der Waals surface area contributed by atoms with E-state index in [1.165, 1.54) is 0 Å². The fourth-order valence-electron chi connectivity index (χ4n) is 3.61. The lowest BCUT2D eigenvalue weighted by Gasteiger charge is -2.17. The lowest BCUT2D eigenvalue weighted by atomic mass is 9.93. The molecular formula is C24H30N2O3. The number of carbonyl (C=O) groups is 1. The van der Waals surface area contributed by atoms with E-state index in [2.05, 4.69) is 25.5 Å². The third kappa shape index (κ3) is 4.61. The first-order valence-corrected chi connectivity index (χ1v) is 10.4. The molecule has 1 aromatic heterocycles. The third-order valence-electron chi connectivity index (χ3n) is 5.29. The van der Waals surface area contributed by atoms with Gasteiger partial charge >= 0.3 is 5.97 Å². The second kappa shape index (κ2) is 9.59. The van der Waals surface area contributed by atoms with E-state index in [1.54, 1.807) is 7.11 Å². The summed E-state index contributed by atoms with van der Waals surface area (Å²) in [5.41, 5.74) is 3.76. The van der Waals surface area contributed by atoms with Gasteiger partial charge in [0.25, 0.3) is 0 Å². The molecule has 0 aliphatic carbocycles. The van der Waals surface area contributed by atoms with Crippen molar-refractivity contribution >= 4 is 17.0 Å². The van der Waals surface area contributed by atoms with Crippen LogP contribution in [0.4, 0.5) is 0 Å². The lowest BCUT2D eigenvalue weighted by Crippen LogP contribution is -2.10. The molecule has 0 saturated carbocycles. The summed E-state index contributed by atoms with van der Waals surface area (Å²) in [6.45, 7) is 4.73. The number of esters is 1. The van der Waals surface area contributed by atoms with Gasteiger partial charge in [0.1, 0.15) is 11.6 Å². The fourth-order valence-corrected chi connectivity index (χ4v) is 3.61. The standard InChI is InChI=1S/C24H30N2O3/c1-5-7-15-29-24(27)18-11-9-17(10-12-18)20(8-6-2)23-25-21-16-19(28-4)13-14-22(21)26(23)3/h9-14,16,20H,5-8,15H2,1-4H3/t20-/m1/s1. The van der Waals surface area contributed by atoms with E-state index in [0.717, 1.165) is 53.9 Å². The molecule has 0 unspecified atom stereocenters. The average Bonchev–Trinajstić information content (AvgIpc) is 3.07. The minimum Gasteiger partial charge on any atom is -0.497 e. The van der Waals surface area contributed by atoms with Crippen LogP contribution in [-0.4, -0.2) is 29.2 Å². The van der Waals surface area contributed by atoms with Crippen LogP contribution in [0.1, 0.15) is 67.2 Å². The zero-order valence-corrected chi connectivity index (χ0v) is 17.8. The monoisotopic (exact) mass is 394 g/mol. The van der Waals surface area contributed by atoms with Gasteiger partial charge in [0.05, 0.1) is 30.3 Å². The summed E-state index contributed by atoms with van der Waals surface area (Å²) in [6, 6.07) is 13.7.